The molecule has 0 N–H and O–H groups in total. The third-order valence-electron chi connectivity index (χ3n) is 2.86. The molecule has 1 saturated carbocycles. The molecule has 0 amide bonds. The van der Waals surface area contributed by atoms with Crippen LogP contribution in [-0.2, 0) is 9.47 Å². The SMILES string of the molecule is FC(F)(F)OC1(OC(F)(F)F)CC2C=CC1C2. The zero-order valence-electron chi connectivity index (χ0n) is 8.31. The summed E-state index contributed by atoms with van der Waals surface area (Å²) in [5, 5.41) is 0. The van der Waals surface area contributed by atoms with Crippen molar-refractivity contribution in [1.82, 2.24) is 0 Å². The molecule has 0 aromatic rings. The highest BCUT2D eigenvalue weighted by Crippen LogP contribution is 2.53. The predicted molar refractivity (Wildman–Crippen MR) is 42.4 cm³/mol. The first kappa shape index (κ1) is 12.7. The van der Waals surface area contributed by atoms with Crippen LogP contribution in [0.5, 0.6) is 0 Å². The Labute approximate surface area is 92.2 Å². The number of hydrogen-bond donors (Lipinski definition) is 0. The molecule has 2 unspecified atom stereocenters. The van der Waals surface area contributed by atoms with Gasteiger partial charge in [-0.15, -0.1) is 26.3 Å². The van der Waals surface area contributed by atoms with E-state index >= 15 is 0 Å². The molecule has 0 radical (unpaired) electrons. The Hall–Kier alpha value is -0.760. The third kappa shape index (κ3) is 2.74. The highest BCUT2D eigenvalue weighted by Gasteiger charge is 2.60. The van der Waals surface area contributed by atoms with Crippen LogP contribution in [0.3, 0.4) is 0 Å². The molecule has 2 aliphatic rings. The van der Waals surface area contributed by atoms with Crippen LogP contribution in [0, 0.1) is 11.8 Å². The van der Waals surface area contributed by atoms with Crippen molar-refractivity contribution in [1.29, 1.82) is 0 Å². The summed E-state index contributed by atoms with van der Waals surface area (Å²) in [6.07, 6.45) is -7.71. The van der Waals surface area contributed by atoms with Crippen LogP contribution in [0.15, 0.2) is 12.2 Å². The Bertz CT molecular complexity index is 315. The Morgan fingerprint density at radius 3 is 1.76 bits per heavy atom. The van der Waals surface area contributed by atoms with E-state index in [0.29, 0.717) is 0 Å². The van der Waals surface area contributed by atoms with Crippen LogP contribution in [-0.4, -0.2) is 18.5 Å². The van der Waals surface area contributed by atoms with Gasteiger partial charge in [-0.25, -0.2) is 0 Å². The van der Waals surface area contributed by atoms with Crippen molar-refractivity contribution >= 4 is 0 Å². The summed E-state index contributed by atoms with van der Waals surface area (Å²) in [7, 11) is 0. The van der Waals surface area contributed by atoms with Crippen LogP contribution in [0.1, 0.15) is 12.8 Å². The van der Waals surface area contributed by atoms with Gasteiger partial charge in [-0.2, -0.15) is 0 Å². The molecule has 0 spiro atoms. The Morgan fingerprint density at radius 2 is 1.47 bits per heavy atom. The van der Waals surface area contributed by atoms with Gasteiger partial charge in [-0.05, 0) is 12.3 Å². The van der Waals surface area contributed by atoms with Crippen LogP contribution >= 0.6 is 0 Å². The molecule has 2 nitrogen and oxygen atoms in total. The topological polar surface area (TPSA) is 18.5 Å². The van der Waals surface area contributed by atoms with Crippen molar-refractivity contribution in [3.05, 3.63) is 12.2 Å². The van der Waals surface area contributed by atoms with Crippen molar-refractivity contribution in [3.8, 4) is 0 Å². The van der Waals surface area contributed by atoms with Gasteiger partial charge in [0.15, 0.2) is 5.79 Å². The fourth-order valence-electron chi connectivity index (χ4n) is 2.42. The fraction of sp³-hybridized carbons (Fsp3) is 0.778. The minimum atomic E-state index is -5.16. The van der Waals surface area contributed by atoms with E-state index in [4.69, 9.17) is 0 Å². The molecule has 1 fully saturated rings. The minimum absolute atomic E-state index is 0.187. The number of rotatable bonds is 2. The lowest BCUT2D eigenvalue weighted by Gasteiger charge is -2.35. The van der Waals surface area contributed by atoms with E-state index in [2.05, 4.69) is 9.47 Å². The first-order valence-electron chi connectivity index (χ1n) is 4.82. The van der Waals surface area contributed by atoms with Gasteiger partial charge in [0.25, 0.3) is 0 Å². The van der Waals surface area contributed by atoms with E-state index < -0.39 is 30.9 Å². The van der Waals surface area contributed by atoms with Crippen molar-refractivity contribution < 1.29 is 35.8 Å². The van der Waals surface area contributed by atoms with Gasteiger partial charge in [-0.3, -0.25) is 9.47 Å². The van der Waals surface area contributed by atoms with Gasteiger partial charge in [0.2, 0.25) is 0 Å². The molecular formula is C9H8F6O2. The second-order valence-corrected chi connectivity index (χ2v) is 4.10. The average Bonchev–Trinajstić information content (AvgIpc) is 2.54. The quantitative estimate of drug-likeness (QED) is 0.431. The standard InChI is InChI=1S/C9H8F6O2/c10-8(11,12)16-7(17-9(13,14)15)4-5-1-2-6(7)3-5/h1-2,5-6H,3-4H2. The van der Waals surface area contributed by atoms with Gasteiger partial charge >= 0.3 is 12.7 Å². The molecule has 8 heteroatoms. The Kier molecular flexibility index (Phi) is 2.70. The highest BCUT2D eigenvalue weighted by atomic mass is 19.4. The molecule has 2 aliphatic carbocycles. The van der Waals surface area contributed by atoms with Crippen LogP contribution in [0.25, 0.3) is 0 Å². The van der Waals surface area contributed by atoms with E-state index in [1.54, 1.807) is 6.08 Å². The first-order valence-corrected chi connectivity index (χ1v) is 4.82. The number of allylic oxidation sites excluding steroid dienone is 1. The summed E-state index contributed by atoms with van der Waals surface area (Å²) in [5.41, 5.74) is 0. The first-order chi connectivity index (χ1) is 7.60. The smallest absolute Gasteiger partial charge is 0.258 e. The normalized spacial score (nSPS) is 31.2. The van der Waals surface area contributed by atoms with Crippen molar-refractivity contribution in [3.63, 3.8) is 0 Å². The lowest BCUT2D eigenvalue weighted by molar-refractivity contribution is -0.484. The van der Waals surface area contributed by atoms with E-state index in [1.165, 1.54) is 6.08 Å². The zero-order valence-corrected chi connectivity index (χ0v) is 8.31. The molecule has 0 aromatic carbocycles. The van der Waals surface area contributed by atoms with Gasteiger partial charge in [0.1, 0.15) is 0 Å². The molecule has 2 bridgehead atoms. The minimum Gasteiger partial charge on any atom is -0.258 e. The highest BCUT2D eigenvalue weighted by molar-refractivity contribution is 5.14. The fourth-order valence-corrected chi connectivity index (χ4v) is 2.42. The average molecular weight is 262 g/mol. The van der Waals surface area contributed by atoms with Crippen molar-refractivity contribution in [2.24, 2.45) is 11.8 Å². The number of alkyl halides is 6. The zero-order chi connectivity index (χ0) is 12.9. The molecule has 2 rings (SSSR count). The summed E-state index contributed by atoms with van der Waals surface area (Å²) in [4.78, 5) is 0. The lowest BCUT2D eigenvalue weighted by Crippen LogP contribution is -2.47. The maximum Gasteiger partial charge on any atom is 0.525 e. The second kappa shape index (κ2) is 3.61. The monoisotopic (exact) mass is 262 g/mol. The van der Waals surface area contributed by atoms with Gasteiger partial charge in [-0.1, -0.05) is 12.2 Å². The van der Waals surface area contributed by atoms with E-state index in [9.17, 15) is 26.3 Å². The summed E-state index contributed by atoms with van der Waals surface area (Å²) in [5.74, 6) is -4.03. The van der Waals surface area contributed by atoms with Crippen LogP contribution < -0.4 is 0 Å². The number of fused-ring (bicyclic) bond motifs is 2. The largest absolute Gasteiger partial charge is 0.525 e. The lowest BCUT2D eigenvalue weighted by atomic mass is 10.00. The Morgan fingerprint density at radius 1 is 0.941 bits per heavy atom. The summed E-state index contributed by atoms with van der Waals surface area (Å²) in [6.45, 7) is 0. The molecule has 0 aliphatic heterocycles. The third-order valence-corrected chi connectivity index (χ3v) is 2.86. The number of ether oxygens (including phenoxy) is 2. The summed E-state index contributed by atoms with van der Waals surface area (Å²) in [6, 6.07) is 0. The predicted octanol–water partition coefficient (Wildman–Crippen LogP) is 3.35. The number of hydrogen-bond acceptors (Lipinski definition) is 2. The van der Waals surface area contributed by atoms with Crippen molar-refractivity contribution in [2.45, 2.75) is 31.4 Å². The molecule has 17 heavy (non-hydrogen) atoms. The van der Waals surface area contributed by atoms with Crippen molar-refractivity contribution in [2.75, 3.05) is 0 Å². The summed E-state index contributed by atoms with van der Waals surface area (Å²) < 4.78 is 80.2. The molecular weight excluding hydrogens is 254 g/mol. The molecule has 98 valence electrons. The van der Waals surface area contributed by atoms with Gasteiger partial charge < -0.3 is 0 Å². The second-order valence-electron chi connectivity index (χ2n) is 4.10. The van der Waals surface area contributed by atoms with Gasteiger partial charge in [0.05, 0.1) is 0 Å². The maximum atomic E-state index is 12.2. The molecule has 0 aromatic heterocycles. The molecule has 0 heterocycles. The van der Waals surface area contributed by atoms with E-state index in [-0.39, 0.29) is 12.3 Å². The Balaban J connectivity index is 2.22. The molecule has 2 atom stereocenters. The van der Waals surface area contributed by atoms with Gasteiger partial charge in [0, 0.05) is 12.3 Å². The molecule has 0 saturated heterocycles. The maximum absolute atomic E-state index is 12.2. The van der Waals surface area contributed by atoms with Crippen LogP contribution in [0.4, 0.5) is 26.3 Å². The van der Waals surface area contributed by atoms with E-state index in [1.807, 2.05) is 0 Å². The number of halogens is 6. The summed E-state index contributed by atoms with van der Waals surface area (Å²) >= 11 is 0. The van der Waals surface area contributed by atoms with E-state index in [0.717, 1.165) is 0 Å². The van der Waals surface area contributed by atoms with Crippen LogP contribution in [0.2, 0.25) is 0 Å².